The van der Waals surface area contributed by atoms with E-state index in [0.717, 1.165) is 39.1 Å². The molecule has 6 nitrogen and oxygen atoms in total. The summed E-state index contributed by atoms with van der Waals surface area (Å²) in [5.41, 5.74) is 2.37. The average molecular weight is 405 g/mol. The maximum Gasteiger partial charge on any atom is 0.223 e. The number of piperazine rings is 1. The van der Waals surface area contributed by atoms with E-state index in [1.165, 1.54) is 11.1 Å². The van der Waals surface area contributed by atoms with Crippen LogP contribution in [0.3, 0.4) is 0 Å². The quantitative estimate of drug-likeness (QED) is 0.605. The van der Waals surface area contributed by atoms with Crippen molar-refractivity contribution in [3.63, 3.8) is 0 Å². The third-order valence-electron chi connectivity index (χ3n) is 5.72. The number of carbonyl (C=O) groups excluding carboxylic acids is 1. The minimum Gasteiger partial charge on any atom is -0.426 e. The fraction of sp³-hybridized carbons (Fsp3) is 0.375. The van der Waals surface area contributed by atoms with E-state index in [2.05, 4.69) is 39.4 Å². The molecule has 0 unspecified atom stereocenters. The molecular weight excluding hydrogens is 376 g/mol. The highest BCUT2D eigenvalue weighted by Gasteiger charge is 2.25. The number of amides is 1. The molecule has 1 aromatic heterocycles. The number of aryl methyl sites for hydroxylation is 1. The van der Waals surface area contributed by atoms with E-state index >= 15 is 0 Å². The average Bonchev–Trinajstić information content (AvgIpc) is 3.22. The Morgan fingerprint density at radius 1 is 0.933 bits per heavy atom. The number of nitrogens with zero attached hydrogens (tertiary/aromatic N) is 4. The van der Waals surface area contributed by atoms with E-state index in [4.69, 9.17) is 4.42 Å². The Bertz CT molecular complexity index is 895. The van der Waals surface area contributed by atoms with Crippen molar-refractivity contribution in [2.24, 2.45) is 0 Å². The van der Waals surface area contributed by atoms with Gasteiger partial charge in [0.15, 0.2) is 0 Å². The fourth-order valence-corrected chi connectivity index (χ4v) is 4.02. The molecule has 1 saturated heterocycles. The summed E-state index contributed by atoms with van der Waals surface area (Å²) >= 11 is 0. The number of rotatable bonds is 7. The summed E-state index contributed by atoms with van der Waals surface area (Å²) in [6, 6.07) is 20.6. The Balaban J connectivity index is 1.33. The van der Waals surface area contributed by atoms with Crippen molar-refractivity contribution in [2.45, 2.75) is 25.7 Å². The van der Waals surface area contributed by atoms with Gasteiger partial charge in [-0.05, 0) is 11.1 Å². The number of aromatic nitrogens is 2. The van der Waals surface area contributed by atoms with Crippen LogP contribution in [0.15, 0.2) is 65.1 Å². The van der Waals surface area contributed by atoms with Crippen molar-refractivity contribution < 1.29 is 9.21 Å². The molecule has 1 amide bonds. The van der Waals surface area contributed by atoms with Crippen LogP contribution in [0.1, 0.15) is 35.2 Å². The molecule has 3 aromatic rings. The van der Waals surface area contributed by atoms with Crippen molar-refractivity contribution in [1.29, 1.82) is 0 Å². The molecule has 0 N–H and O–H groups in total. The van der Waals surface area contributed by atoms with Gasteiger partial charge in [0.1, 0.15) is 0 Å². The van der Waals surface area contributed by atoms with Crippen LogP contribution in [-0.2, 0) is 11.2 Å². The van der Waals surface area contributed by atoms with Crippen molar-refractivity contribution in [3.05, 3.63) is 83.6 Å². The maximum atomic E-state index is 13.1. The van der Waals surface area contributed by atoms with Crippen LogP contribution in [0.2, 0.25) is 0 Å². The SMILES string of the molecule is Cc1nnc(CCN2CCN(C(=O)CC(c3ccccc3)c3ccccc3)CC2)o1. The molecule has 0 saturated carbocycles. The van der Waals surface area contributed by atoms with Crippen molar-refractivity contribution in [3.8, 4) is 0 Å². The van der Waals surface area contributed by atoms with E-state index in [1.54, 1.807) is 6.92 Å². The molecule has 0 aliphatic carbocycles. The summed E-state index contributed by atoms with van der Waals surface area (Å²) in [6.07, 6.45) is 1.24. The molecule has 6 heteroatoms. The number of benzene rings is 2. The highest BCUT2D eigenvalue weighted by Crippen LogP contribution is 2.28. The van der Waals surface area contributed by atoms with Gasteiger partial charge in [-0.1, -0.05) is 60.7 Å². The first-order chi connectivity index (χ1) is 14.7. The second-order valence-electron chi connectivity index (χ2n) is 7.77. The van der Waals surface area contributed by atoms with Crippen LogP contribution in [0.4, 0.5) is 0 Å². The highest BCUT2D eigenvalue weighted by atomic mass is 16.4. The molecule has 2 heterocycles. The van der Waals surface area contributed by atoms with Crippen molar-refractivity contribution in [1.82, 2.24) is 20.0 Å². The molecule has 30 heavy (non-hydrogen) atoms. The minimum atomic E-state index is 0.0821. The standard InChI is InChI=1S/C24H28N4O2/c1-19-25-26-23(30-19)12-13-27-14-16-28(17-15-27)24(29)18-22(20-8-4-2-5-9-20)21-10-6-3-7-11-21/h2-11,22H,12-18H2,1H3. The van der Waals surface area contributed by atoms with E-state index in [9.17, 15) is 4.79 Å². The topological polar surface area (TPSA) is 62.5 Å². The van der Waals surface area contributed by atoms with Gasteiger partial charge in [-0.15, -0.1) is 10.2 Å². The van der Waals surface area contributed by atoms with Gasteiger partial charge in [0.25, 0.3) is 0 Å². The predicted molar refractivity (Wildman–Crippen MR) is 115 cm³/mol. The molecule has 1 aliphatic rings. The lowest BCUT2D eigenvalue weighted by Gasteiger charge is -2.35. The van der Waals surface area contributed by atoms with Crippen LogP contribution in [-0.4, -0.2) is 58.6 Å². The van der Waals surface area contributed by atoms with Crippen LogP contribution < -0.4 is 0 Å². The summed E-state index contributed by atoms with van der Waals surface area (Å²) in [5.74, 6) is 1.59. The fourth-order valence-electron chi connectivity index (χ4n) is 4.02. The Labute approximate surface area is 177 Å². The van der Waals surface area contributed by atoms with Crippen molar-refractivity contribution >= 4 is 5.91 Å². The molecule has 0 spiro atoms. The van der Waals surface area contributed by atoms with Gasteiger partial charge in [0.05, 0.1) is 0 Å². The van der Waals surface area contributed by atoms with Crippen molar-refractivity contribution in [2.75, 3.05) is 32.7 Å². The third kappa shape index (κ3) is 5.13. The minimum absolute atomic E-state index is 0.0821. The zero-order chi connectivity index (χ0) is 20.8. The molecule has 2 aromatic carbocycles. The van der Waals surface area contributed by atoms with E-state index in [1.807, 2.05) is 41.3 Å². The first kappa shape index (κ1) is 20.3. The van der Waals surface area contributed by atoms with Gasteiger partial charge in [-0.25, -0.2) is 0 Å². The van der Waals surface area contributed by atoms with E-state index < -0.39 is 0 Å². The van der Waals surface area contributed by atoms with Crippen LogP contribution in [0.25, 0.3) is 0 Å². The van der Waals surface area contributed by atoms with Gasteiger partial charge in [0.2, 0.25) is 17.7 Å². The highest BCUT2D eigenvalue weighted by molar-refractivity contribution is 5.78. The lowest BCUT2D eigenvalue weighted by atomic mass is 9.88. The third-order valence-corrected chi connectivity index (χ3v) is 5.72. The molecule has 0 bridgehead atoms. The Morgan fingerprint density at radius 2 is 1.53 bits per heavy atom. The largest absolute Gasteiger partial charge is 0.426 e. The number of hydrogen-bond donors (Lipinski definition) is 0. The summed E-state index contributed by atoms with van der Waals surface area (Å²) in [6.45, 7) is 5.95. The predicted octanol–water partition coefficient (Wildman–Crippen LogP) is 3.29. The number of carbonyl (C=O) groups is 1. The first-order valence-corrected chi connectivity index (χ1v) is 10.6. The van der Waals surface area contributed by atoms with Gasteiger partial charge in [0, 0.05) is 58.4 Å². The number of hydrogen-bond acceptors (Lipinski definition) is 5. The Kier molecular flexibility index (Phi) is 6.54. The Hall–Kier alpha value is -2.99. The lowest BCUT2D eigenvalue weighted by Crippen LogP contribution is -2.49. The van der Waals surface area contributed by atoms with Gasteiger partial charge >= 0.3 is 0 Å². The normalized spacial score (nSPS) is 14.9. The lowest BCUT2D eigenvalue weighted by molar-refractivity contribution is -0.133. The monoisotopic (exact) mass is 404 g/mol. The molecule has 4 rings (SSSR count). The van der Waals surface area contributed by atoms with Crippen LogP contribution in [0, 0.1) is 6.92 Å². The summed E-state index contributed by atoms with van der Waals surface area (Å²) < 4.78 is 5.45. The molecule has 1 aliphatic heterocycles. The van der Waals surface area contributed by atoms with Gasteiger partial charge in [-0.3, -0.25) is 9.69 Å². The summed E-state index contributed by atoms with van der Waals surface area (Å²) in [5, 5.41) is 7.93. The summed E-state index contributed by atoms with van der Waals surface area (Å²) in [7, 11) is 0. The second kappa shape index (κ2) is 9.67. The second-order valence-corrected chi connectivity index (χ2v) is 7.77. The molecule has 0 radical (unpaired) electrons. The smallest absolute Gasteiger partial charge is 0.223 e. The molecule has 156 valence electrons. The Morgan fingerprint density at radius 3 is 2.07 bits per heavy atom. The molecule has 1 fully saturated rings. The van der Waals surface area contributed by atoms with E-state index in [0.29, 0.717) is 18.2 Å². The molecular formula is C24H28N4O2. The maximum absolute atomic E-state index is 13.1. The summed E-state index contributed by atoms with van der Waals surface area (Å²) in [4.78, 5) is 17.5. The first-order valence-electron chi connectivity index (χ1n) is 10.6. The zero-order valence-electron chi connectivity index (χ0n) is 17.4. The molecule has 0 atom stereocenters. The van der Waals surface area contributed by atoms with Gasteiger partial charge < -0.3 is 9.32 Å². The van der Waals surface area contributed by atoms with Gasteiger partial charge in [-0.2, -0.15) is 0 Å². The van der Waals surface area contributed by atoms with Crippen LogP contribution in [0.5, 0.6) is 0 Å². The van der Waals surface area contributed by atoms with Crippen LogP contribution >= 0.6 is 0 Å². The van der Waals surface area contributed by atoms with E-state index in [-0.39, 0.29) is 11.8 Å². The zero-order valence-corrected chi connectivity index (χ0v) is 17.4.